The van der Waals surface area contributed by atoms with Gasteiger partial charge in [-0.25, -0.2) is 0 Å². The normalized spacial score (nSPS) is 22.4. The second-order valence-electron chi connectivity index (χ2n) is 5.47. The topological polar surface area (TPSA) is 44.5 Å². The monoisotopic (exact) mass is 318 g/mol. The Morgan fingerprint density at radius 2 is 2.35 bits per heavy atom. The summed E-state index contributed by atoms with van der Waals surface area (Å²) in [6.45, 7) is 2.60. The van der Waals surface area contributed by atoms with E-state index >= 15 is 0 Å². The van der Waals surface area contributed by atoms with Gasteiger partial charge in [0.1, 0.15) is 6.10 Å². The molecule has 7 heteroatoms. The zero-order chi connectivity index (χ0) is 14.7. The fraction of sp³-hybridized carbons (Fsp3) is 0.769. The molecule has 1 N–H and O–H groups in total. The lowest BCUT2D eigenvalue weighted by molar-refractivity contribution is 0.0685. The SMILES string of the molecule is CN(C)CCn1ncc(Cl)c1C(O)C1CSCCN1C. The summed E-state index contributed by atoms with van der Waals surface area (Å²) in [7, 11) is 6.10. The van der Waals surface area contributed by atoms with Crippen LogP contribution in [0.1, 0.15) is 11.8 Å². The van der Waals surface area contributed by atoms with Crippen molar-refractivity contribution < 1.29 is 5.11 Å². The number of halogens is 1. The summed E-state index contributed by atoms with van der Waals surface area (Å²) in [4.78, 5) is 4.30. The van der Waals surface area contributed by atoms with Crippen LogP contribution in [0.3, 0.4) is 0 Å². The van der Waals surface area contributed by atoms with Crippen molar-refractivity contribution in [1.29, 1.82) is 0 Å². The lowest BCUT2D eigenvalue weighted by Crippen LogP contribution is -2.44. The molecule has 2 unspecified atom stereocenters. The third kappa shape index (κ3) is 3.68. The van der Waals surface area contributed by atoms with Gasteiger partial charge in [-0.15, -0.1) is 0 Å². The van der Waals surface area contributed by atoms with E-state index in [4.69, 9.17) is 11.6 Å². The van der Waals surface area contributed by atoms with Crippen molar-refractivity contribution in [2.45, 2.75) is 18.7 Å². The summed E-state index contributed by atoms with van der Waals surface area (Å²) in [6, 6.07) is 0.0982. The van der Waals surface area contributed by atoms with Crippen molar-refractivity contribution in [2.24, 2.45) is 0 Å². The zero-order valence-corrected chi connectivity index (χ0v) is 13.9. The minimum absolute atomic E-state index is 0.0982. The number of likely N-dealkylation sites (N-methyl/N-ethyl adjacent to an activating group) is 2. The van der Waals surface area contributed by atoms with E-state index in [0.717, 1.165) is 36.8 Å². The molecule has 2 heterocycles. The van der Waals surface area contributed by atoms with Crippen LogP contribution in [0, 0.1) is 0 Å². The Balaban J connectivity index is 2.15. The molecule has 0 amide bonds. The van der Waals surface area contributed by atoms with Crippen LogP contribution in [0.25, 0.3) is 0 Å². The van der Waals surface area contributed by atoms with Crippen LogP contribution in [-0.4, -0.2) is 76.5 Å². The first-order chi connectivity index (χ1) is 9.50. The molecule has 2 atom stereocenters. The summed E-state index contributed by atoms with van der Waals surface area (Å²) in [5, 5.41) is 15.6. The van der Waals surface area contributed by atoms with Gasteiger partial charge in [0.25, 0.3) is 0 Å². The molecule has 0 aliphatic carbocycles. The highest BCUT2D eigenvalue weighted by atomic mass is 35.5. The van der Waals surface area contributed by atoms with E-state index in [1.165, 1.54) is 0 Å². The van der Waals surface area contributed by atoms with Crippen LogP contribution >= 0.6 is 23.4 Å². The Kier molecular flexibility index (Phi) is 5.74. The molecule has 1 aliphatic heterocycles. The third-order valence-electron chi connectivity index (χ3n) is 3.68. The van der Waals surface area contributed by atoms with Gasteiger partial charge in [-0.3, -0.25) is 9.58 Å². The molecule has 0 bridgehead atoms. The van der Waals surface area contributed by atoms with E-state index in [2.05, 4.69) is 21.9 Å². The van der Waals surface area contributed by atoms with Crippen LogP contribution < -0.4 is 0 Å². The van der Waals surface area contributed by atoms with E-state index in [1.807, 2.05) is 30.5 Å². The van der Waals surface area contributed by atoms with Crippen molar-refractivity contribution in [3.8, 4) is 0 Å². The molecule has 1 aliphatic rings. The Morgan fingerprint density at radius 3 is 3.00 bits per heavy atom. The van der Waals surface area contributed by atoms with E-state index < -0.39 is 6.10 Å². The van der Waals surface area contributed by atoms with E-state index in [9.17, 15) is 5.11 Å². The van der Waals surface area contributed by atoms with Crippen molar-refractivity contribution in [3.63, 3.8) is 0 Å². The molecule has 1 fully saturated rings. The average Bonchev–Trinajstić information content (AvgIpc) is 2.77. The number of hydrogen-bond acceptors (Lipinski definition) is 5. The first-order valence-corrected chi connectivity index (χ1v) is 8.36. The van der Waals surface area contributed by atoms with Gasteiger partial charge >= 0.3 is 0 Å². The average molecular weight is 319 g/mol. The van der Waals surface area contributed by atoms with Gasteiger partial charge < -0.3 is 10.0 Å². The molecule has 1 aromatic heterocycles. The Labute approximate surface area is 129 Å². The van der Waals surface area contributed by atoms with Gasteiger partial charge in [-0.1, -0.05) is 11.6 Å². The van der Waals surface area contributed by atoms with Crippen LogP contribution in [0.15, 0.2) is 6.20 Å². The quantitative estimate of drug-likeness (QED) is 0.883. The van der Waals surface area contributed by atoms with Crippen LogP contribution in [-0.2, 0) is 6.54 Å². The maximum absolute atomic E-state index is 10.7. The number of aliphatic hydroxyl groups is 1. The van der Waals surface area contributed by atoms with Crippen LogP contribution in [0.5, 0.6) is 0 Å². The van der Waals surface area contributed by atoms with Crippen LogP contribution in [0.4, 0.5) is 0 Å². The molecule has 0 spiro atoms. The maximum Gasteiger partial charge on any atom is 0.113 e. The van der Waals surface area contributed by atoms with Crippen molar-refractivity contribution in [1.82, 2.24) is 19.6 Å². The number of nitrogens with zero attached hydrogens (tertiary/aromatic N) is 4. The summed E-state index contributed by atoms with van der Waals surface area (Å²) in [6.07, 6.45) is 1.04. The summed E-state index contributed by atoms with van der Waals surface area (Å²) >= 11 is 8.12. The number of aromatic nitrogens is 2. The highest BCUT2D eigenvalue weighted by Crippen LogP contribution is 2.30. The third-order valence-corrected chi connectivity index (χ3v) is 5.02. The number of rotatable bonds is 5. The Bertz CT molecular complexity index is 440. The first kappa shape index (κ1) is 16.1. The zero-order valence-electron chi connectivity index (χ0n) is 12.3. The molecule has 0 aromatic carbocycles. The van der Waals surface area contributed by atoms with Crippen molar-refractivity contribution >= 4 is 23.4 Å². The fourth-order valence-corrected chi connectivity index (χ4v) is 3.87. The number of thioether (sulfide) groups is 1. The second-order valence-corrected chi connectivity index (χ2v) is 7.03. The lowest BCUT2D eigenvalue weighted by atomic mass is 10.1. The smallest absolute Gasteiger partial charge is 0.113 e. The highest BCUT2D eigenvalue weighted by Gasteiger charge is 2.31. The fourth-order valence-electron chi connectivity index (χ4n) is 2.36. The molecule has 2 rings (SSSR count). The lowest BCUT2D eigenvalue weighted by Gasteiger charge is -2.35. The van der Waals surface area contributed by atoms with Gasteiger partial charge in [-0.2, -0.15) is 16.9 Å². The van der Waals surface area contributed by atoms with E-state index in [0.29, 0.717) is 5.02 Å². The summed E-state index contributed by atoms with van der Waals surface area (Å²) < 4.78 is 1.83. The largest absolute Gasteiger partial charge is 0.385 e. The summed E-state index contributed by atoms with van der Waals surface area (Å²) in [5.74, 6) is 2.04. The molecule has 0 saturated carbocycles. The van der Waals surface area contributed by atoms with Crippen molar-refractivity contribution in [3.05, 3.63) is 16.9 Å². The van der Waals surface area contributed by atoms with Gasteiger partial charge in [0.15, 0.2) is 0 Å². The number of aliphatic hydroxyl groups excluding tert-OH is 1. The van der Waals surface area contributed by atoms with Gasteiger partial charge in [0, 0.05) is 24.6 Å². The van der Waals surface area contributed by atoms with Crippen molar-refractivity contribution in [2.75, 3.05) is 45.7 Å². The molecule has 1 aromatic rings. The Hall–Kier alpha value is -0.270. The molecule has 0 radical (unpaired) electrons. The minimum atomic E-state index is -0.593. The number of hydrogen-bond donors (Lipinski definition) is 1. The molecular formula is C13H23ClN4OS. The molecule has 5 nitrogen and oxygen atoms in total. The van der Waals surface area contributed by atoms with Gasteiger partial charge in [0.2, 0.25) is 0 Å². The maximum atomic E-state index is 10.7. The van der Waals surface area contributed by atoms with E-state index in [-0.39, 0.29) is 6.04 Å². The second kappa shape index (κ2) is 7.13. The predicted octanol–water partition coefficient (Wildman–Crippen LogP) is 1.18. The summed E-state index contributed by atoms with van der Waals surface area (Å²) in [5.41, 5.74) is 0.743. The van der Waals surface area contributed by atoms with Gasteiger partial charge in [0.05, 0.1) is 29.5 Å². The van der Waals surface area contributed by atoms with Gasteiger partial charge in [-0.05, 0) is 21.1 Å². The minimum Gasteiger partial charge on any atom is -0.385 e. The molecule has 20 heavy (non-hydrogen) atoms. The molecular weight excluding hydrogens is 296 g/mol. The van der Waals surface area contributed by atoms with E-state index in [1.54, 1.807) is 6.20 Å². The Morgan fingerprint density at radius 1 is 1.60 bits per heavy atom. The standard InChI is InChI=1S/C13H23ClN4OS/c1-16(2)4-5-18-12(10(14)8-15-18)13(19)11-9-20-7-6-17(11)3/h8,11,13,19H,4-7,9H2,1-3H3. The van der Waals surface area contributed by atoms with Crippen LogP contribution in [0.2, 0.25) is 5.02 Å². The molecule has 114 valence electrons. The first-order valence-electron chi connectivity index (χ1n) is 6.82. The molecule has 1 saturated heterocycles. The highest BCUT2D eigenvalue weighted by molar-refractivity contribution is 7.99. The predicted molar refractivity (Wildman–Crippen MR) is 84.5 cm³/mol.